The average Bonchev–Trinajstić information content (AvgIpc) is 2.94. The first-order valence-electron chi connectivity index (χ1n) is 8.82. The molecule has 0 radical (unpaired) electrons. The van der Waals surface area contributed by atoms with Crippen LogP contribution in [0.1, 0.15) is 41.8 Å². The van der Waals surface area contributed by atoms with Crippen LogP contribution in [0.3, 0.4) is 0 Å². The minimum absolute atomic E-state index is 0.111. The fraction of sp³-hybridized carbons (Fsp3) is 0.182. The third-order valence-electron chi connectivity index (χ3n) is 4.84. The molecule has 1 aromatic carbocycles. The molecule has 2 aromatic rings. The predicted molar refractivity (Wildman–Crippen MR) is 108 cm³/mol. The van der Waals surface area contributed by atoms with E-state index >= 15 is 0 Å². The van der Waals surface area contributed by atoms with Crippen LogP contribution in [0.15, 0.2) is 29.8 Å². The van der Waals surface area contributed by atoms with E-state index in [9.17, 15) is 15.3 Å². The van der Waals surface area contributed by atoms with E-state index in [2.05, 4.69) is 17.1 Å². The van der Waals surface area contributed by atoms with E-state index in [4.69, 9.17) is 15.6 Å². The molecule has 3 N–H and O–H groups in total. The number of pyridine rings is 1. The summed E-state index contributed by atoms with van der Waals surface area (Å²) in [6.07, 6.45) is 0.947. The average molecular weight is 386 g/mol. The number of aliphatic carboxylic acids is 1. The molecule has 1 aromatic heterocycles. The standard InChI is InChI=1S/C22H18N4O3/c1-11-16(8-14-4-6-15(7-5-14)29-13(3)22(27)28)19-12(2)18(10-24)21(25)26-20(19)17(11)9-23/h4-8,13H,1-3H3,(H2,25,26)(H,27,28)/b16-8+. The Balaban J connectivity index is 2.07. The van der Waals surface area contributed by atoms with Gasteiger partial charge in [0.05, 0.1) is 16.8 Å². The highest BCUT2D eigenvalue weighted by Crippen LogP contribution is 2.44. The molecule has 1 aliphatic rings. The summed E-state index contributed by atoms with van der Waals surface area (Å²) in [5.41, 5.74) is 10.9. The zero-order valence-corrected chi connectivity index (χ0v) is 16.1. The summed E-state index contributed by atoms with van der Waals surface area (Å²) in [4.78, 5) is 15.2. The summed E-state index contributed by atoms with van der Waals surface area (Å²) in [5.74, 6) is -0.491. The van der Waals surface area contributed by atoms with Gasteiger partial charge < -0.3 is 15.6 Å². The monoisotopic (exact) mass is 386 g/mol. The maximum absolute atomic E-state index is 10.9. The minimum atomic E-state index is -1.04. The Labute approximate surface area is 168 Å². The molecule has 0 fully saturated rings. The SMILES string of the molecule is CC1=C(C#N)c2nc(N)c(C#N)c(C)c2/C1=C/c1ccc(OC(C)C(=O)O)cc1. The van der Waals surface area contributed by atoms with Gasteiger partial charge in [-0.3, -0.25) is 0 Å². The fourth-order valence-corrected chi connectivity index (χ4v) is 3.26. The zero-order chi connectivity index (χ0) is 21.3. The van der Waals surface area contributed by atoms with E-state index in [0.717, 1.165) is 22.3 Å². The van der Waals surface area contributed by atoms with Gasteiger partial charge in [0.15, 0.2) is 6.10 Å². The maximum atomic E-state index is 10.9. The van der Waals surface area contributed by atoms with Crippen LogP contribution in [0.4, 0.5) is 5.82 Å². The van der Waals surface area contributed by atoms with Crippen molar-refractivity contribution in [3.05, 3.63) is 57.8 Å². The number of hydrogen-bond acceptors (Lipinski definition) is 6. The lowest BCUT2D eigenvalue weighted by atomic mass is 9.95. The quantitative estimate of drug-likeness (QED) is 0.821. The molecule has 0 amide bonds. The number of nitrogens with zero attached hydrogens (tertiary/aromatic N) is 3. The van der Waals surface area contributed by atoms with Gasteiger partial charge in [0.1, 0.15) is 23.7 Å². The van der Waals surface area contributed by atoms with Gasteiger partial charge in [-0.25, -0.2) is 9.78 Å². The van der Waals surface area contributed by atoms with Crippen molar-refractivity contribution in [1.82, 2.24) is 4.98 Å². The van der Waals surface area contributed by atoms with Gasteiger partial charge in [0.25, 0.3) is 0 Å². The van der Waals surface area contributed by atoms with E-state index in [-0.39, 0.29) is 5.82 Å². The Morgan fingerprint density at radius 2 is 1.90 bits per heavy atom. The normalized spacial score (nSPS) is 14.9. The highest BCUT2D eigenvalue weighted by molar-refractivity contribution is 6.08. The van der Waals surface area contributed by atoms with Crippen LogP contribution in [0.5, 0.6) is 5.75 Å². The number of rotatable bonds is 4. The molecule has 1 aliphatic carbocycles. The largest absolute Gasteiger partial charge is 0.479 e. The van der Waals surface area contributed by atoms with Crippen molar-refractivity contribution >= 4 is 29.0 Å². The van der Waals surface area contributed by atoms with E-state index in [1.54, 1.807) is 31.2 Å². The van der Waals surface area contributed by atoms with Crippen molar-refractivity contribution in [3.8, 4) is 17.9 Å². The molecule has 7 nitrogen and oxygen atoms in total. The molecule has 144 valence electrons. The summed E-state index contributed by atoms with van der Waals surface area (Å²) in [6.45, 7) is 5.08. The molecule has 0 aliphatic heterocycles. The molecule has 1 unspecified atom stereocenters. The summed E-state index contributed by atoms with van der Waals surface area (Å²) < 4.78 is 5.34. The van der Waals surface area contributed by atoms with Gasteiger partial charge in [0, 0.05) is 5.56 Å². The predicted octanol–water partition coefficient (Wildman–Crippen LogP) is 3.55. The van der Waals surface area contributed by atoms with E-state index < -0.39 is 12.1 Å². The lowest BCUT2D eigenvalue weighted by Crippen LogP contribution is -2.22. The van der Waals surface area contributed by atoms with Crippen LogP contribution >= 0.6 is 0 Å². The number of carbonyl (C=O) groups is 1. The number of fused-ring (bicyclic) bond motifs is 1. The summed E-state index contributed by atoms with van der Waals surface area (Å²) >= 11 is 0. The molecule has 0 saturated carbocycles. The summed E-state index contributed by atoms with van der Waals surface area (Å²) in [6, 6.07) is 11.2. The molecule has 7 heteroatoms. The zero-order valence-electron chi connectivity index (χ0n) is 16.1. The second-order valence-electron chi connectivity index (χ2n) is 6.67. The minimum Gasteiger partial charge on any atom is -0.479 e. The van der Waals surface area contributed by atoms with Crippen molar-refractivity contribution in [2.24, 2.45) is 0 Å². The number of carboxylic acids is 1. The Bertz CT molecular complexity index is 1160. The summed E-state index contributed by atoms with van der Waals surface area (Å²) in [7, 11) is 0. The molecule has 1 atom stereocenters. The van der Waals surface area contributed by atoms with E-state index in [0.29, 0.717) is 28.1 Å². The lowest BCUT2D eigenvalue weighted by Gasteiger charge is -2.12. The van der Waals surface area contributed by atoms with Crippen molar-refractivity contribution < 1.29 is 14.6 Å². The topological polar surface area (TPSA) is 133 Å². The number of benzene rings is 1. The van der Waals surface area contributed by atoms with E-state index in [1.165, 1.54) is 6.92 Å². The van der Waals surface area contributed by atoms with Crippen LogP contribution in [0.2, 0.25) is 0 Å². The number of nitrogens with two attached hydrogens (primary N) is 1. The number of nitriles is 2. The molecule has 1 heterocycles. The first-order valence-corrected chi connectivity index (χ1v) is 8.82. The lowest BCUT2D eigenvalue weighted by molar-refractivity contribution is -0.144. The summed E-state index contributed by atoms with van der Waals surface area (Å²) in [5, 5.41) is 28.0. The van der Waals surface area contributed by atoms with Gasteiger partial charge in [0.2, 0.25) is 0 Å². The molecular weight excluding hydrogens is 368 g/mol. The Morgan fingerprint density at radius 1 is 1.24 bits per heavy atom. The van der Waals surface area contributed by atoms with Crippen LogP contribution < -0.4 is 10.5 Å². The van der Waals surface area contributed by atoms with Crippen LogP contribution in [-0.4, -0.2) is 22.2 Å². The van der Waals surface area contributed by atoms with Gasteiger partial charge in [-0.05, 0) is 61.3 Å². The first-order chi connectivity index (χ1) is 13.8. The highest BCUT2D eigenvalue weighted by Gasteiger charge is 2.29. The Hall–Kier alpha value is -4.10. The fourth-order valence-electron chi connectivity index (χ4n) is 3.26. The third kappa shape index (κ3) is 3.42. The van der Waals surface area contributed by atoms with Gasteiger partial charge in [-0.2, -0.15) is 10.5 Å². The smallest absolute Gasteiger partial charge is 0.344 e. The number of allylic oxidation sites excluding steroid dienone is 3. The van der Waals surface area contributed by atoms with Gasteiger partial charge in [-0.15, -0.1) is 0 Å². The number of hydrogen-bond donors (Lipinski definition) is 2. The van der Waals surface area contributed by atoms with Crippen molar-refractivity contribution in [2.45, 2.75) is 26.9 Å². The van der Waals surface area contributed by atoms with E-state index in [1.807, 2.05) is 13.0 Å². The second-order valence-corrected chi connectivity index (χ2v) is 6.67. The highest BCUT2D eigenvalue weighted by atomic mass is 16.5. The maximum Gasteiger partial charge on any atom is 0.344 e. The molecule has 0 saturated heterocycles. The van der Waals surface area contributed by atoms with Crippen LogP contribution in [0, 0.1) is 29.6 Å². The number of ether oxygens (including phenoxy) is 1. The molecular formula is C22H18N4O3. The third-order valence-corrected chi connectivity index (χ3v) is 4.84. The van der Waals surface area contributed by atoms with Crippen molar-refractivity contribution in [1.29, 1.82) is 10.5 Å². The Morgan fingerprint density at radius 3 is 2.45 bits per heavy atom. The number of anilines is 1. The second kappa shape index (κ2) is 7.49. The first kappa shape index (κ1) is 19.7. The molecule has 29 heavy (non-hydrogen) atoms. The Kier molecular flexibility index (Phi) is 5.08. The van der Waals surface area contributed by atoms with Crippen LogP contribution in [-0.2, 0) is 4.79 Å². The number of carboxylic acid groups (broad SMARTS) is 1. The number of nitrogen functional groups attached to an aromatic ring is 1. The van der Waals surface area contributed by atoms with Crippen molar-refractivity contribution in [3.63, 3.8) is 0 Å². The van der Waals surface area contributed by atoms with Gasteiger partial charge >= 0.3 is 5.97 Å². The number of aromatic nitrogens is 1. The molecule has 0 bridgehead atoms. The van der Waals surface area contributed by atoms with Crippen LogP contribution in [0.25, 0.3) is 17.2 Å². The molecule has 0 spiro atoms. The van der Waals surface area contributed by atoms with Crippen molar-refractivity contribution in [2.75, 3.05) is 5.73 Å². The van der Waals surface area contributed by atoms with Gasteiger partial charge in [-0.1, -0.05) is 12.1 Å². The molecule has 3 rings (SSSR count).